The van der Waals surface area contributed by atoms with Gasteiger partial charge in [0, 0.05) is 39.3 Å². The van der Waals surface area contributed by atoms with Crippen LogP contribution >= 0.6 is 0 Å². The van der Waals surface area contributed by atoms with Crippen molar-refractivity contribution in [3.8, 4) is 0 Å². The van der Waals surface area contributed by atoms with Crippen LogP contribution in [0.15, 0.2) is 18.5 Å². The van der Waals surface area contributed by atoms with Crippen LogP contribution in [0.4, 0.5) is 5.82 Å². The van der Waals surface area contributed by atoms with Gasteiger partial charge in [0.25, 0.3) is 0 Å². The third kappa shape index (κ3) is 4.03. The van der Waals surface area contributed by atoms with Crippen molar-refractivity contribution >= 4 is 11.7 Å². The molecule has 2 aromatic heterocycles. The first-order chi connectivity index (χ1) is 12.5. The smallest absolute Gasteiger partial charge is 0.223 e. The highest BCUT2D eigenvalue weighted by atomic mass is 16.2. The first-order valence-corrected chi connectivity index (χ1v) is 9.25. The average Bonchev–Trinajstić information content (AvgIpc) is 3.21. The van der Waals surface area contributed by atoms with Gasteiger partial charge in [0.15, 0.2) is 0 Å². The maximum atomic E-state index is 12.8. The second kappa shape index (κ2) is 7.85. The number of aromatic nitrogens is 4. The number of anilines is 1. The molecule has 2 aromatic rings. The zero-order valence-corrected chi connectivity index (χ0v) is 16.1. The molecule has 1 aliphatic heterocycles. The lowest BCUT2D eigenvalue weighted by atomic mass is 10.1. The van der Waals surface area contributed by atoms with Gasteiger partial charge in [0.1, 0.15) is 5.82 Å². The first kappa shape index (κ1) is 18.4. The number of amides is 1. The van der Waals surface area contributed by atoms with Gasteiger partial charge in [-0.15, -0.1) is 0 Å². The summed E-state index contributed by atoms with van der Waals surface area (Å²) >= 11 is 0. The molecule has 7 heteroatoms. The summed E-state index contributed by atoms with van der Waals surface area (Å²) in [7, 11) is 3.90. The summed E-state index contributed by atoms with van der Waals surface area (Å²) in [5.74, 6) is 1.03. The molecule has 0 aliphatic carbocycles. The van der Waals surface area contributed by atoms with Crippen molar-refractivity contribution < 1.29 is 4.79 Å². The Kier molecular flexibility index (Phi) is 5.54. The molecule has 7 nitrogen and oxygen atoms in total. The van der Waals surface area contributed by atoms with Crippen molar-refractivity contribution in [1.82, 2.24) is 24.6 Å². The van der Waals surface area contributed by atoms with Crippen molar-refractivity contribution in [2.75, 3.05) is 25.5 Å². The molecule has 1 saturated heterocycles. The summed E-state index contributed by atoms with van der Waals surface area (Å²) in [6, 6.07) is 2.11. The molecule has 1 atom stereocenters. The van der Waals surface area contributed by atoms with Crippen LogP contribution in [0.2, 0.25) is 0 Å². The second-order valence-corrected chi connectivity index (χ2v) is 7.20. The minimum Gasteiger partial charge on any atom is -0.361 e. The van der Waals surface area contributed by atoms with Crippen molar-refractivity contribution in [2.45, 2.75) is 52.1 Å². The van der Waals surface area contributed by atoms with Crippen molar-refractivity contribution in [3.05, 3.63) is 35.5 Å². The predicted octanol–water partition coefficient (Wildman–Crippen LogP) is 2.50. The van der Waals surface area contributed by atoms with Crippen LogP contribution in [0.1, 0.15) is 48.8 Å². The summed E-state index contributed by atoms with van der Waals surface area (Å²) in [5.41, 5.74) is 3.05. The highest BCUT2D eigenvalue weighted by Gasteiger charge is 2.31. The molecule has 26 heavy (non-hydrogen) atoms. The molecule has 1 amide bonds. The highest BCUT2D eigenvalue weighted by Crippen LogP contribution is 2.31. The number of aryl methyl sites for hydroxylation is 3. The van der Waals surface area contributed by atoms with E-state index in [-0.39, 0.29) is 11.9 Å². The van der Waals surface area contributed by atoms with Gasteiger partial charge in [-0.25, -0.2) is 4.98 Å². The fourth-order valence-corrected chi connectivity index (χ4v) is 3.54. The minimum absolute atomic E-state index is 0.0450. The standard InChI is InChI=1S/C19H28N6O/c1-14-11-15(2)25(22-14)10-6-8-19(26)24-9-5-7-17(24)16-12-20-13-18(21-16)23(3)4/h11-13,17H,5-10H2,1-4H3. The molecule has 1 aliphatic rings. The van der Waals surface area contributed by atoms with E-state index in [1.165, 1.54) is 0 Å². The topological polar surface area (TPSA) is 67.2 Å². The molecular weight excluding hydrogens is 328 g/mol. The normalized spacial score (nSPS) is 16.9. The maximum absolute atomic E-state index is 12.8. The molecule has 3 heterocycles. The van der Waals surface area contributed by atoms with Crippen molar-refractivity contribution in [3.63, 3.8) is 0 Å². The lowest BCUT2D eigenvalue weighted by molar-refractivity contribution is -0.132. The fraction of sp³-hybridized carbons (Fsp3) is 0.579. The number of nitrogens with zero attached hydrogens (tertiary/aromatic N) is 6. The van der Waals surface area contributed by atoms with Crippen LogP contribution in [0.5, 0.6) is 0 Å². The Labute approximate surface area is 155 Å². The molecule has 0 spiro atoms. The van der Waals surface area contributed by atoms with Crippen LogP contribution in [0.25, 0.3) is 0 Å². The van der Waals surface area contributed by atoms with Crippen LogP contribution in [0, 0.1) is 13.8 Å². The molecule has 1 unspecified atom stereocenters. The van der Waals surface area contributed by atoms with Gasteiger partial charge in [-0.2, -0.15) is 5.10 Å². The van der Waals surface area contributed by atoms with E-state index < -0.39 is 0 Å². The maximum Gasteiger partial charge on any atom is 0.223 e. The van der Waals surface area contributed by atoms with Crippen LogP contribution < -0.4 is 4.90 Å². The Morgan fingerprint density at radius 1 is 1.31 bits per heavy atom. The largest absolute Gasteiger partial charge is 0.361 e. The predicted molar refractivity (Wildman–Crippen MR) is 101 cm³/mol. The van der Waals surface area contributed by atoms with E-state index in [9.17, 15) is 4.79 Å². The van der Waals surface area contributed by atoms with E-state index in [4.69, 9.17) is 0 Å². The van der Waals surface area contributed by atoms with Crippen molar-refractivity contribution in [1.29, 1.82) is 0 Å². The quantitative estimate of drug-likeness (QED) is 0.795. The van der Waals surface area contributed by atoms with E-state index in [2.05, 4.69) is 28.1 Å². The average molecular weight is 356 g/mol. The molecule has 0 N–H and O–H groups in total. The molecule has 1 fully saturated rings. The summed E-state index contributed by atoms with van der Waals surface area (Å²) in [6.07, 6.45) is 6.84. The molecule has 0 aromatic carbocycles. The van der Waals surface area contributed by atoms with E-state index in [1.807, 2.05) is 35.5 Å². The number of carbonyl (C=O) groups is 1. The number of hydrogen-bond acceptors (Lipinski definition) is 5. The van der Waals surface area contributed by atoms with E-state index in [0.29, 0.717) is 6.42 Å². The van der Waals surface area contributed by atoms with Crippen LogP contribution in [0.3, 0.4) is 0 Å². The Morgan fingerprint density at radius 2 is 2.12 bits per heavy atom. The van der Waals surface area contributed by atoms with E-state index >= 15 is 0 Å². The van der Waals surface area contributed by atoms with Gasteiger partial charge in [-0.3, -0.25) is 14.5 Å². The lowest BCUT2D eigenvalue weighted by Gasteiger charge is -2.25. The number of hydrogen-bond donors (Lipinski definition) is 0. The summed E-state index contributed by atoms with van der Waals surface area (Å²) in [4.78, 5) is 25.7. The van der Waals surface area contributed by atoms with Crippen LogP contribution in [-0.2, 0) is 11.3 Å². The zero-order valence-electron chi connectivity index (χ0n) is 16.1. The number of rotatable bonds is 6. The molecule has 140 valence electrons. The number of likely N-dealkylation sites (tertiary alicyclic amines) is 1. The Bertz CT molecular complexity index is 769. The highest BCUT2D eigenvalue weighted by molar-refractivity contribution is 5.77. The first-order valence-electron chi connectivity index (χ1n) is 9.25. The third-order valence-corrected chi connectivity index (χ3v) is 4.88. The monoisotopic (exact) mass is 356 g/mol. The van der Waals surface area contributed by atoms with Gasteiger partial charge in [-0.05, 0) is 39.2 Å². The minimum atomic E-state index is 0.0450. The van der Waals surface area contributed by atoms with E-state index in [0.717, 1.165) is 55.3 Å². The van der Waals surface area contributed by atoms with Crippen LogP contribution in [-0.4, -0.2) is 51.2 Å². The molecule has 3 rings (SSSR count). The molecule has 0 bridgehead atoms. The van der Waals surface area contributed by atoms with Gasteiger partial charge < -0.3 is 9.80 Å². The Hall–Kier alpha value is -2.44. The Balaban J connectivity index is 1.61. The van der Waals surface area contributed by atoms with Gasteiger partial charge in [0.05, 0.1) is 29.8 Å². The number of carbonyl (C=O) groups excluding carboxylic acids is 1. The summed E-state index contributed by atoms with van der Waals surface area (Å²) < 4.78 is 1.98. The SMILES string of the molecule is Cc1cc(C)n(CCCC(=O)N2CCCC2c2cncc(N(C)C)n2)n1. The summed E-state index contributed by atoms with van der Waals surface area (Å²) in [6.45, 7) is 5.62. The lowest BCUT2D eigenvalue weighted by Crippen LogP contribution is -2.31. The zero-order chi connectivity index (χ0) is 18.7. The molecular formula is C19H28N6O. The van der Waals surface area contributed by atoms with Gasteiger partial charge >= 0.3 is 0 Å². The fourth-order valence-electron chi connectivity index (χ4n) is 3.54. The van der Waals surface area contributed by atoms with Crippen molar-refractivity contribution in [2.24, 2.45) is 0 Å². The van der Waals surface area contributed by atoms with Gasteiger partial charge in [-0.1, -0.05) is 0 Å². The van der Waals surface area contributed by atoms with Gasteiger partial charge in [0.2, 0.25) is 5.91 Å². The Morgan fingerprint density at radius 3 is 2.81 bits per heavy atom. The third-order valence-electron chi connectivity index (χ3n) is 4.88. The molecule has 0 radical (unpaired) electrons. The molecule has 0 saturated carbocycles. The summed E-state index contributed by atoms with van der Waals surface area (Å²) in [5, 5.41) is 4.46. The second-order valence-electron chi connectivity index (χ2n) is 7.20. The van der Waals surface area contributed by atoms with E-state index in [1.54, 1.807) is 12.4 Å².